The van der Waals surface area contributed by atoms with E-state index in [9.17, 15) is 4.79 Å². The lowest BCUT2D eigenvalue weighted by Gasteiger charge is -2.27. The molecule has 6 heteroatoms. The second-order valence-corrected chi connectivity index (χ2v) is 5.54. The molecule has 1 N–H and O–H groups in total. The molecule has 6 nitrogen and oxygen atoms in total. The molecule has 0 saturated carbocycles. The number of amides is 1. The van der Waals surface area contributed by atoms with Crippen molar-refractivity contribution in [3.63, 3.8) is 0 Å². The van der Waals surface area contributed by atoms with Crippen molar-refractivity contribution < 1.29 is 9.53 Å². The fourth-order valence-corrected chi connectivity index (χ4v) is 2.39. The summed E-state index contributed by atoms with van der Waals surface area (Å²) in [5, 5.41) is 11.0. The minimum Gasteiger partial charge on any atom is -0.378 e. The summed E-state index contributed by atoms with van der Waals surface area (Å²) in [5.41, 5.74) is 2.58. The Labute approximate surface area is 135 Å². The van der Waals surface area contributed by atoms with Crippen molar-refractivity contribution in [3.8, 4) is 0 Å². The molecule has 0 radical (unpaired) electrons. The molecule has 23 heavy (non-hydrogen) atoms. The van der Waals surface area contributed by atoms with E-state index in [1.165, 1.54) is 5.56 Å². The minimum atomic E-state index is -0.216. The number of aryl methyl sites for hydroxylation is 1. The number of aromatic nitrogens is 2. The van der Waals surface area contributed by atoms with E-state index in [2.05, 4.69) is 20.4 Å². The van der Waals surface area contributed by atoms with Crippen LogP contribution in [0.15, 0.2) is 36.4 Å². The molecule has 2 heterocycles. The Morgan fingerprint density at radius 3 is 2.52 bits per heavy atom. The number of ether oxygens (including phenoxy) is 1. The number of anilines is 1. The molecule has 1 aliphatic heterocycles. The average molecular weight is 312 g/mol. The number of hydrogen-bond donors (Lipinski definition) is 1. The Morgan fingerprint density at radius 1 is 1.13 bits per heavy atom. The van der Waals surface area contributed by atoms with Crippen molar-refractivity contribution in [2.45, 2.75) is 13.5 Å². The summed E-state index contributed by atoms with van der Waals surface area (Å²) in [6.07, 6.45) is 0. The SMILES string of the molecule is Cc1ccc(CNC(=O)c2ccc(N3CCOCC3)nn2)cc1. The van der Waals surface area contributed by atoms with Gasteiger partial charge in [-0.05, 0) is 24.6 Å². The first kappa shape index (κ1) is 15.4. The van der Waals surface area contributed by atoms with Gasteiger partial charge < -0.3 is 15.0 Å². The second-order valence-electron chi connectivity index (χ2n) is 5.54. The number of nitrogens with zero attached hydrogens (tertiary/aromatic N) is 3. The van der Waals surface area contributed by atoms with Crippen molar-refractivity contribution >= 4 is 11.7 Å². The van der Waals surface area contributed by atoms with E-state index in [4.69, 9.17) is 4.74 Å². The van der Waals surface area contributed by atoms with Crippen LogP contribution in [0, 0.1) is 6.92 Å². The summed E-state index contributed by atoms with van der Waals surface area (Å²) in [4.78, 5) is 14.2. The van der Waals surface area contributed by atoms with Crippen LogP contribution in [0.4, 0.5) is 5.82 Å². The van der Waals surface area contributed by atoms with Gasteiger partial charge in [0.2, 0.25) is 0 Å². The summed E-state index contributed by atoms with van der Waals surface area (Å²) in [6, 6.07) is 11.6. The van der Waals surface area contributed by atoms with Gasteiger partial charge in [-0.15, -0.1) is 10.2 Å². The highest BCUT2D eigenvalue weighted by atomic mass is 16.5. The highest BCUT2D eigenvalue weighted by molar-refractivity contribution is 5.92. The molecule has 1 aromatic heterocycles. The van der Waals surface area contributed by atoms with Gasteiger partial charge in [-0.3, -0.25) is 4.79 Å². The molecule has 0 unspecified atom stereocenters. The standard InChI is InChI=1S/C17H20N4O2/c1-13-2-4-14(5-3-13)12-18-17(22)15-6-7-16(20-19-15)21-8-10-23-11-9-21/h2-7H,8-12H2,1H3,(H,18,22). The van der Waals surface area contributed by atoms with Crippen LogP contribution in [0.1, 0.15) is 21.6 Å². The Bertz CT molecular complexity index is 649. The van der Waals surface area contributed by atoms with Crippen LogP contribution >= 0.6 is 0 Å². The summed E-state index contributed by atoms with van der Waals surface area (Å²) < 4.78 is 5.31. The molecule has 120 valence electrons. The number of carbonyl (C=O) groups excluding carboxylic acids is 1. The van der Waals surface area contributed by atoms with Crippen LogP contribution in [0.25, 0.3) is 0 Å². The molecule has 1 aliphatic rings. The van der Waals surface area contributed by atoms with E-state index in [1.54, 1.807) is 6.07 Å². The van der Waals surface area contributed by atoms with Gasteiger partial charge in [-0.25, -0.2) is 0 Å². The number of nitrogens with one attached hydrogen (secondary N) is 1. The third kappa shape index (κ3) is 4.04. The Balaban J connectivity index is 1.57. The Morgan fingerprint density at radius 2 is 1.87 bits per heavy atom. The number of benzene rings is 1. The van der Waals surface area contributed by atoms with Gasteiger partial charge in [-0.2, -0.15) is 0 Å². The fourth-order valence-electron chi connectivity index (χ4n) is 2.39. The van der Waals surface area contributed by atoms with Crippen molar-refractivity contribution in [3.05, 3.63) is 53.2 Å². The molecule has 0 spiro atoms. The van der Waals surface area contributed by atoms with E-state index in [0.29, 0.717) is 25.5 Å². The van der Waals surface area contributed by atoms with Gasteiger partial charge in [-0.1, -0.05) is 29.8 Å². The van der Waals surface area contributed by atoms with Crippen molar-refractivity contribution in [1.82, 2.24) is 15.5 Å². The zero-order valence-corrected chi connectivity index (χ0v) is 13.2. The van der Waals surface area contributed by atoms with Crippen molar-refractivity contribution in [2.75, 3.05) is 31.2 Å². The van der Waals surface area contributed by atoms with Crippen molar-refractivity contribution in [2.24, 2.45) is 0 Å². The molecule has 3 rings (SSSR count). The third-order valence-corrected chi connectivity index (χ3v) is 3.79. The van der Waals surface area contributed by atoms with Crippen LogP contribution in [-0.2, 0) is 11.3 Å². The zero-order chi connectivity index (χ0) is 16.1. The zero-order valence-electron chi connectivity index (χ0n) is 13.2. The smallest absolute Gasteiger partial charge is 0.272 e. The predicted molar refractivity (Wildman–Crippen MR) is 87.4 cm³/mol. The number of rotatable bonds is 4. The highest BCUT2D eigenvalue weighted by Crippen LogP contribution is 2.11. The van der Waals surface area contributed by atoms with Crippen LogP contribution in [0.3, 0.4) is 0 Å². The normalized spacial score (nSPS) is 14.6. The molecule has 2 aromatic rings. The highest BCUT2D eigenvalue weighted by Gasteiger charge is 2.14. The van der Waals surface area contributed by atoms with Crippen molar-refractivity contribution in [1.29, 1.82) is 0 Å². The molecule has 1 fully saturated rings. The largest absolute Gasteiger partial charge is 0.378 e. The quantitative estimate of drug-likeness (QED) is 0.928. The van der Waals surface area contributed by atoms with Gasteiger partial charge >= 0.3 is 0 Å². The van der Waals surface area contributed by atoms with Gasteiger partial charge in [0.25, 0.3) is 5.91 Å². The van der Waals surface area contributed by atoms with Gasteiger partial charge in [0.15, 0.2) is 11.5 Å². The van der Waals surface area contributed by atoms with E-state index in [-0.39, 0.29) is 5.91 Å². The summed E-state index contributed by atoms with van der Waals surface area (Å²) in [7, 11) is 0. The maximum Gasteiger partial charge on any atom is 0.272 e. The number of hydrogen-bond acceptors (Lipinski definition) is 5. The second kappa shape index (κ2) is 7.19. The summed E-state index contributed by atoms with van der Waals surface area (Å²) in [5.74, 6) is 0.565. The number of carbonyl (C=O) groups is 1. The Hall–Kier alpha value is -2.47. The first-order chi connectivity index (χ1) is 11.2. The van der Waals surface area contributed by atoms with E-state index in [0.717, 1.165) is 24.5 Å². The maximum atomic E-state index is 12.1. The van der Waals surface area contributed by atoms with Gasteiger partial charge in [0.1, 0.15) is 0 Å². The fraction of sp³-hybridized carbons (Fsp3) is 0.353. The van der Waals surface area contributed by atoms with E-state index in [1.807, 2.05) is 37.3 Å². The minimum absolute atomic E-state index is 0.216. The molecular weight excluding hydrogens is 292 g/mol. The first-order valence-electron chi connectivity index (χ1n) is 7.72. The lowest BCUT2D eigenvalue weighted by molar-refractivity contribution is 0.0944. The van der Waals surface area contributed by atoms with Gasteiger partial charge in [0, 0.05) is 19.6 Å². The third-order valence-electron chi connectivity index (χ3n) is 3.79. The summed E-state index contributed by atoms with van der Waals surface area (Å²) in [6.45, 7) is 5.50. The van der Waals surface area contributed by atoms with Gasteiger partial charge in [0.05, 0.1) is 13.2 Å². The molecule has 1 aromatic carbocycles. The van der Waals surface area contributed by atoms with E-state index < -0.39 is 0 Å². The molecule has 1 amide bonds. The lowest BCUT2D eigenvalue weighted by atomic mass is 10.1. The summed E-state index contributed by atoms with van der Waals surface area (Å²) >= 11 is 0. The molecule has 0 atom stereocenters. The van der Waals surface area contributed by atoms with Crippen LogP contribution in [0.5, 0.6) is 0 Å². The molecule has 1 saturated heterocycles. The predicted octanol–water partition coefficient (Wildman–Crippen LogP) is 1.55. The molecular formula is C17H20N4O2. The maximum absolute atomic E-state index is 12.1. The number of morpholine rings is 1. The van der Waals surface area contributed by atoms with Crippen LogP contribution in [-0.4, -0.2) is 42.4 Å². The van der Waals surface area contributed by atoms with Crippen LogP contribution < -0.4 is 10.2 Å². The Kier molecular flexibility index (Phi) is 4.83. The molecule has 0 bridgehead atoms. The average Bonchev–Trinajstić information content (AvgIpc) is 2.62. The van der Waals surface area contributed by atoms with Crippen LogP contribution in [0.2, 0.25) is 0 Å². The lowest BCUT2D eigenvalue weighted by Crippen LogP contribution is -2.37. The topological polar surface area (TPSA) is 67.4 Å². The monoisotopic (exact) mass is 312 g/mol. The first-order valence-corrected chi connectivity index (χ1v) is 7.72. The van der Waals surface area contributed by atoms with E-state index >= 15 is 0 Å². The molecule has 0 aliphatic carbocycles.